The Labute approximate surface area is 97.4 Å². The number of carbonyl (C=O) groups excluding carboxylic acids is 1. The lowest BCUT2D eigenvalue weighted by Crippen LogP contribution is -2.30. The first-order chi connectivity index (χ1) is 8.06. The van der Waals surface area contributed by atoms with E-state index in [9.17, 15) is 13.6 Å². The number of halogens is 2. The Morgan fingerprint density at radius 1 is 1.47 bits per heavy atom. The summed E-state index contributed by atoms with van der Waals surface area (Å²) < 4.78 is 28.5. The van der Waals surface area contributed by atoms with Crippen molar-refractivity contribution in [3.05, 3.63) is 29.8 Å². The van der Waals surface area contributed by atoms with Crippen LogP contribution in [0.1, 0.15) is 10.4 Å². The van der Waals surface area contributed by atoms with Gasteiger partial charge in [-0.05, 0) is 12.1 Å². The van der Waals surface area contributed by atoms with Crippen molar-refractivity contribution < 1.29 is 23.4 Å². The lowest BCUT2D eigenvalue weighted by molar-refractivity contribution is -0.0502. The normalized spacial score (nSPS) is 10.4. The molecule has 1 amide bonds. The van der Waals surface area contributed by atoms with Gasteiger partial charge in [-0.2, -0.15) is 8.78 Å². The van der Waals surface area contributed by atoms with Crippen molar-refractivity contribution in [2.24, 2.45) is 0 Å². The standard InChI is InChI=1S/C11H13F2NO3/c1-14(6-7-15)10(16)8-4-2-3-5-9(8)17-11(12)13/h2-5,11,15H,6-7H2,1H3. The Morgan fingerprint density at radius 2 is 2.12 bits per heavy atom. The largest absolute Gasteiger partial charge is 0.434 e. The van der Waals surface area contributed by atoms with Crippen LogP contribution in [0.3, 0.4) is 0 Å². The van der Waals surface area contributed by atoms with Gasteiger partial charge in [-0.3, -0.25) is 4.79 Å². The SMILES string of the molecule is CN(CCO)C(=O)c1ccccc1OC(F)F. The van der Waals surface area contributed by atoms with Crippen LogP contribution in [0.5, 0.6) is 5.75 Å². The highest BCUT2D eigenvalue weighted by atomic mass is 19.3. The van der Waals surface area contributed by atoms with Crippen LogP contribution >= 0.6 is 0 Å². The van der Waals surface area contributed by atoms with E-state index >= 15 is 0 Å². The molecule has 6 heteroatoms. The number of nitrogens with zero attached hydrogens (tertiary/aromatic N) is 1. The molecular formula is C11H13F2NO3. The van der Waals surface area contributed by atoms with Crippen LogP contribution in [0.25, 0.3) is 0 Å². The van der Waals surface area contributed by atoms with Crippen molar-refractivity contribution in [3.8, 4) is 5.75 Å². The van der Waals surface area contributed by atoms with E-state index in [1.165, 1.54) is 30.1 Å². The second kappa shape index (κ2) is 6.15. The van der Waals surface area contributed by atoms with Gasteiger partial charge in [-0.1, -0.05) is 12.1 Å². The average Bonchev–Trinajstić information content (AvgIpc) is 2.28. The summed E-state index contributed by atoms with van der Waals surface area (Å²) in [6, 6.07) is 5.75. The summed E-state index contributed by atoms with van der Waals surface area (Å²) in [7, 11) is 1.47. The monoisotopic (exact) mass is 245 g/mol. The Morgan fingerprint density at radius 3 is 2.71 bits per heavy atom. The highest BCUT2D eigenvalue weighted by molar-refractivity contribution is 5.96. The molecule has 1 rings (SSSR count). The zero-order chi connectivity index (χ0) is 12.8. The minimum absolute atomic E-state index is 0.0451. The molecular weight excluding hydrogens is 232 g/mol. The molecule has 0 aliphatic rings. The first-order valence-electron chi connectivity index (χ1n) is 4.96. The van der Waals surface area contributed by atoms with Crippen molar-refractivity contribution in [2.45, 2.75) is 6.61 Å². The molecule has 0 spiro atoms. The topological polar surface area (TPSA) is 49.8 Å². The third-order valence-electron chi connectivity index (χ3n) is 2.12. The predicted octanol–water partition coefficient (Wildman–Crippen LogP) is 1.35. The van der Waals surface area contributed by atoms with Crippen LogP contribution in [0.15, 0.2) is 24.3 Å². The zero-order valence-corrected chi connectivity index (χ0v) is 9.27. The third-order valence-corrected chi connectivity index (χ3v) is 2.12. The van der Waals surface area contributed by atoms with Gasteiger partial charge < -0.3 is 14.7 Å². The van der Waals surface area contributed by atoms with E-state index < -0.39 is 12.5 Å². The lowest BCUT2D eigenvalue weighted by Gasteiger charge is -2.17. The van der Waals surface area contributed by atoms with E-state index in [4.69, 9.17) is 5.11 Å². The maximum absolute atomic E-state index is 12.1. The number of aliphatic hydroxyl groups excluding tert-OH is 1. The van der Waals surface area contributed by atoms with E-state index in [0.29, 0.717) is 0 Å². The van der Waals surface area contributed by atoms with Gasteiger partial charge in [0.15, 0.2) is 0 Å². The molecule has 0 aromatic heterocycles. The summed E-state index contributed by atoms with van der Waals surface area (Å²) in [5.74, 6) is -0.646. The number of hydrogen-bond donors (Lipinski definition) is 1. The van der Waals surface area contributed by atoms with Gasteiger partial charge in [-0.15, -0.1) is 0 Å². The fourth-order valence-electron chi connectivity index (χ4n) is 1.30. The first-order valence-corrected chi connectivity index (χ1v) is 4.96. The van der Waals surface area contributed by atoms with E-state index in [-0.39, 0.29) is 24.5 Å². The van der Waals surface area contributed by atoms with Crippen LogP contribution in [0, 0.1) is 0 Å². The molecule has 4 nitrogen and oxygen atoms in total. The molecule has 0 unspecified atom stereocenters. The number of ether oxygens (including phenoxy) is 1. The van der Waals surface area contributed by atoms with Crippen LogP contribution in [0.2, 0.25) is 0 Å². The molecule has 0 heterocycles. The molecule has 94 valence electrons. The minimum Gasteiger partial charge on any atom is -0.434 e. The second-order valence-electron chi connectivity index (χ2n) is 3.32. The smallest absolute Gasteiger partial charge is 0.387 e. The molecule has 0 aliphatic carbocycles. The summed E-state index contributed by atoms with van der Waals surface area (Å²) >= 11 is 0. The molecule has 0 bridgehead atoms. The number of aliphatic hydroxyl groups is 1. The fraction of sp³-hybridized carbons (Fsp3) is 0.364. The summed E-state index contributed by atoms with van der Waals surface area (Å²) in [6.07, 6.45) is 0. The number of benzene rings is 1. The molecule has 1 aromatic rings. The predicted molar refractivity (Wildman–Crippen MR) is 57.1 cm³/mol. The van der Waals surface area contributed by atoms with E-state index in [1.807, 2.05) is 0 Å². The van der Waals surface area contributed by atoms with Gasteiger partial charge >= 0.3 is 6.61 Å². The zero-order valence-electron chi connectivity index (χ0n) is 9.27. The molecule has 17 heavy (non-hydrogen) atoms. The average molecular weight is 245 g/mol. The van der Waals surface area contributed by atoms with Crippen LogP contribution in [-0.2, 0) is 0 Å². The van der Waals surface area contributed by atoms with Gasteiger partial charge in [0.25, 0.3) is 5.91 Å². The molecule has 0 radical (unpaired) electrons. The highest BCUT2D eigenvalue weighted by Gasteiger charge is 2.17. The second-order valence-corrected chi connectivity index (χ2v) is 3.32. The van der Waals surface area contributed by atoms with Crippen molar-refractivity contribution in [1.82, 2.24) is 4.90 Å². The third kappa shape index (κ3) is 3.67. The van der Waals surface area contributed by atoms with Crippen molar-refractivity contribution in [2.75, 3.05) is 20.2 Å². The number of likely N-dealkylation sites (N-methyl/N-ethyl adjacent to an activating group) is 1. The molecule has 0 atom stereocenters. The summed E-state index contributed by atoms with van der Waals surface area (Å²) in [4.78, 5) is 13.1. The lowest BCUT2D eigenvalue weighted by atomic mass is 10.2. The van der Waals surface area contributed by atoms with E-state index in [1.54, 1.807) is 6.07 Å². The fourth-order valence-corrected chi connectivity index (χ4v) is 1.30. The molecule has 0 saturated carbocycles. The van der Waals surface area contributed by atoms with E-state index in [2.05, 4.69) is 4.74 Å². The van der Waals surface area contributed by atoms with E-state index in [0.717, 1.165) is 0 Å². The number of rotatable bonds is 5. The van der Waals surface area contributed by atoms with Crippen molar-refractivity contribution >= 4 is 5.91 Å². The summed E-state index contributed by atoms with van der Waals surface area (Å²) in [5, 5.41) is 8.70. The van der Waals surface area contributed by atoms with Gasteiger partial charge in [0, 0.05) is 13.6 Å². The minimum atomic E-state index is -2.98. The highest BCUT2D eigenvalue weighted by Crippen LogP contribution is 2.21. The number of amides is 1. The van der Waals surface area contributed by atoms with Crippen LogP contribution in [-0.4, -0.2) is 42.7 Å². The quantitative estimate of drug-likeness (QED) is 0.852. The van der Waals surface area contributed by atoms with Gasteiger partial charge in [0.05, 0.1) is 12.2 Å². The first kappa shape index (κ1) is 13.4. The number of para-hydroxylation sites is 1. The Kier molecular flexibility index (Phi) is 4.84. The molecule has 0 fully saturated rings. The van der Waals surface area contributed by atoms with Gasteiger partial charge in [-0.25, -0.2) is 0 Å². The van der Waals surface area contributed by atoms with Crippen molar-refractivity contribution in [1.29, 1.82) is 0 Å². The number of carbonyl (C=O) groups is 1. The molecule has 1 aromatic carbocycles. The van der Waals surface area contributed by atoms with Crippen molar-refractivity contribution in [3.63, 3.8) is 0 Å². The molecule has 1 N–H and O–H groups in total. The Bertz CT molecular complexity index is 385. The van der Waals surface area contributed by atoms with Gasteiger partial charge in [0.2, 0.25) is 0 Å². The number of hydrogen-bond acceptors (Lipinski definition) is 3. The number of alkyl halides is 2. The molecule has 0 saturated heterocycles. The summed E-state index contributed by atoms with van der Waals surface area (Å²) in [5.41, 5.74) is 0.0451. The Hall–Kier alpha value is -1.69. The van der Waals surface area contributed by atoms with Gasteiger partial charge in [0.1, 0.15) is 5.75 Å². The van der Waals surface area contributed by atoms with Crippen LogP contribution < -0.4 is 4.74 Å². The summed E-state index contributed by atoms with van der Waals surface area (Å²) in [6.45, 7) is -3.05. The van der Waals surface area contributed by atoms with Crippen LogP contribution in [0.4, 0.5) is 8.78 Å². The maximum atomic E-state index is 12.1. The molecule has 0 aliphatic heterocycles. The maximum Gasteiger partial charge on any atom is 0.387 e. The Balaban J connectivity index is 2.92.